The number of hydrogen-bond acceptors (Lipinski definition) is 3. The molecule has 0 atom stereocenters. The van der Waals surface area contributed by atoms with Crippen molar-refractivity contribution in [1.82, 2.24) is 4.31 Å². The van der Waals surface area contributed by atoms with E-state index in [2.05, 4.69) is 15.9 Å². The van der Waals surface area contributed by atoms with Gasteiger partial charge in [-0.1, -0.05) is 33.6 Å². The van der Waals surface area contributed by atoms with Crippen LogP contribution in [0, 0.1) is 5.82 Å². The molecule has 0 bridgehead atoms. The lowest BCUT2D eigenvalue weighted by atomic mass is 10.2. The smallest absolute Gasteiger partial charge is 0.244 e. The molecule has 0 unspecified atom stereocenters. The minimum absolute atomic E-state index is 0.00106. The van der Waals surface area contributed by atoms with Gasteiger partial charge in [-0.15, -0.1) is 0 Å². The van der Waals surface area contributed by atoms with E-state index in [0.717, 1.165) is 4.31 Å². The van der Waals surface area contributed by atoms with Crippen molar-refractivity contribution >= 4 is 37.6 Å². The van der Waals surface area contributed by atoms with Crippen LogP contribution >= 0.6 is 27.5 Å². The Morgan fingerprint density at radius 1 is 1.26 bits per heavy atom. The molecule has 0 aliphatic rings. The Labute approximate surface area is 148 Å². The molecule has 0 heterocycles. The Kier molecular flexibility index (Phi) is 5.67. The Hall–Kier alpha value is -1.15. The standard InChI is InChI=1S/C15H14BrClFNO3S/c1-19(9-10-3-5-14(22-2)13(18)7-10)23(20,21)15-6-4-11(16)8-12(15)17/h3-8H,9H2,1-2H3. The first-order valence-corrected chi connectivity index (χ1v) is 9.10. The molecule has 2 aromatic rings. The van der Waals surface area contributed by atoms with Crippen LogP contribution in [0.1, 0.15) is 5.56 Å². The summed E-state index contributed by atoms with van der Waals surface area (Å²) < 4.78 is 45.5. The number of methoxy groups -OCH3 is 1. The van der Waals surface area contributed by atoms with E-state index in [9.17, 15) is 12.8 Å². The fraction of sp³-hybridized carbons (Fsp3) is 0.200. The minimum atomic E-state index is -3.79. The summed E-state index contributed by atoms with van der Waals surface area (Å²) in [5.41, 5.74) is 0.502. The van der Waals surface area contributed by atoms with Crippen LogP contribution in [0.4, 0.5) is 4.39 Å². The highest BCUT2D eigenvalue weighted by molar-refractivity contribution is 9.10. The van der Waals surface area contributed by atoms with Crippen LogP contribution < -0.4 is 4.74 Å². The van der Waals surface area contributed by atoms with Crippen molar-refractivity contribution in [3.63, 3.8) is 0 Å². The maximum atomic E-state index is 13.7. The summed E-state index contributed by atoms with van der Waals surface area (Å²) >= 11 is 9.24. The second-order valence-corrected chi connectivity index (χ2v) is 8.14. The van der Waals surface area contributed by atoms with Crippen LogP contribution in [0.3, 0.4) is 0 Å². The first-order valence-electron chi connectivity index (χ1n) is 6.49. The molecule has 0 aromatic heterocycles. The van der Waals surface area contributed by atoms with E-state index in [4.69, 9.17) is 16.3 Å². The number of sulfonamides is 1. The topological polar surface area (TPSA) is 46.6 Å². The number of ether oxygens (including phenoxy) is 1. The van der Waals surface area contributed by atoms with Crippen LogP contribution in [0.2, 0.25) is 5.02 Å². The first-order chi connectivity index (χ1) is 10.8. The van der Waals surface area contributed by atoms with Gasteiger partial charge in [0.2, 0.25) is 10.0 Å². The summed E-state index contributed by atoms with van der Waals surface area (Å²) in [6.07, 6.45) is 0. The maximum absolute atomic E-state index is 13.7. The summed E-state index contributed by atoms with van der Waals surface area (Å²) in [6.45, 7) is 0.00956. The van der Waals surface area contributed by atoms with Gasteiger partial charge >= 0.3 is 0 Å². The van der Waals surface area contributed by atoms with Crippen LogP contribution in [-0.4, -0.2) is 26.9 Å². The van der Waals surface area contributed by atoms with Gasteiger partial charge < -0.3 is 4.74 Å². The molecular formula is C15H14BrClFNO3S. The summed E-state index contributed by atoms with van der Waals surface area (Å²) in [5.74, 6) is -0.437. The van der Waals surface area contributed by atoms with Crippen molar-refractivity contribution in [3.8, 4) is 5.75 Å². The number of benzene rings is 2. The molecule has 0 radical (unpaired) electrons. The van der Waals surface area contributed by atoms with E-state index in [1.54, 1.807) is 12.1 Å². The van der Waals surface area contributed by atoms with Gasteiger partial charge in [0.25, 0.3) is 0 Å². The zero-order valence-electron chi connectivity index (χ0n) is 12.4. The van der Waals surface area contributed by atoms with Gasteiger partial charge in [0.1, 0.15) is 4.90 Å². The normalized spacial score (nSPS) is 11.7. The molecule has 0 amide bonds. The van der Waals surface area contributed by atoms with E-state index in [0.29, 0.717) is 10.0 Å². The Morgan fingerprint density at radius 3 is 2.52 bits per heavy atom. The predicted octanol–water partition coefficient (Wildman–Crippen LogP) is 4.07. The van der Waals surface area contributed by atoms with Crippen LogP contribution in [0.25, 0.3) is 0 Å². The molecule has 0 fully saturated rings. The van der Waals surface area contributed by atoms with Crippen LogP contribution in [-0.2, 0) is 16.6 Å². The molecule has 0 aliphatic carbocycles. The third kappa shape index (κ3) is 4.03. The quantitative estimate of drug-likeness (QED) is 0.730. The number of rotatable bonds is 5. The second-order valence-electron chi connectivity index (χ2n) is 4.80. The van der Waals surface area contributed by atoms with E-state index < -0.39 is 15.8 Å². The Morgan fingerprint density at radius 2 is 1.96 bits per heavy atom. The highest BCUT2D eigenvalue weighted by Gasteiger charge is 2.24. The summed E-state index contributed by atoms with van der Waals surface area (Å²) in [4.78, 5) is -0.00106. The lowest BCUT2D eigenvalue weighted by Crippen LogP contribution is -2.26. The molecule has 8 heteroatoms. The highest BCUT2D eigenvalue weighted by Crippen LogP contribution is 2.28. The number of nitrogens with zero attached hydrogens (tertiary/aromatic N) is 1. The average Bonchev–Trinajstić information content (AvgIpc) is 2.47. The Bertz CT molecular complexity index is 829. The van der Waals surface area contributed by atoms with Gasteiger partial charge in [0, 0.05) is 18.1 Å². The monoisotopic (exact) mass is 421 g/mol. The molecule has 0 aliphatic heterocycles. The number of hydrogen-bond donors (Lipinski definition) is 0. The fourth-order valence-electron chi connectivity index (χ4n) is 2.00. The molecule has 0 saturated heterocycles. The third-order valence-electron chi connectivity index (χ3n) is 3.20. The zero-order chi connectivity index (χ0) is 17.2. The average molecular weight is 423 g/mol. The Balaban J connectivity index is 2.28. The molecule has 0 saturated carbocycles. The van der Waals surface area contributed by atoms with Gasteiger partial charge in [0.15, 0.2) is 11.6 Å². The SMILES string of the molecule is COc1ccc(CN(C)S(=O)(=O)c2ccc(Br)cc2Cl)cc1F. The lowest BCUT2D eigenvalue weighted by Gasteiger charge is -2.18. The van der Waals surface area contributed by atoms with E-state index >= 15 is 0 Å². The fourth-order valence-corrected chi connectivity index (χ4v) is 4.17. The first kappa shape index (κ1) is 18.2. The van der Waals surface area contributed by atoms with Gasteiger partial charge in [-0.05, 0) is 35.9 Å². The van der Waals surface area contributed by atoms with Crippen molar-refractivity contribution in [1.29, 1.82) is 0 Å². The number of halogens is 3. The molecule has 0 N–H and O–H groups in total. The molecular weight excluding hydrogens is 409 g/mol. The molecule has 2 rings (SSSR count). The van der Waals surface area contributed by atoms with Crippen LogP contribution in [0.5, 0.6) is 5.75 Å². The van der Waals surface area contributed by atoms with Crippen molar-refractivity contribution in [2.24, 2.45) is 0 Å². The molecule has 23 heavy (non-hydrogen) atoms. The van der Waals surface area contributed by atoms with E-state index in [1.807, 2.05) is 0 Å². The van der Waals surface area contributed by atoms with Gasteiger partial charge in [0.05, 0.1) is 12.1 Å². The molecule has 4 nitrogen and oxygen atoms in total. The van der Waals surface area contributed by atoms with Crippen molar-refractivity contribution in [3.05, 3.63) is 57.3 Å². The van der Waals surface area contributed by atoms with Gasteiger partial charge in [-0.25, -0.2) is 12.8 Å². The predicted molar refractivity (Wildman–Crippen MR) is 90.8 cm³/mol. The van der Waals surface area contributed by atoms with E-state index in [1.165, 1.54) is 38.4 Å². The molecule has 124 valence electrons. The lowest BCUT2D eigenvalue weighted by molar-refractivity contribution is 0.385. The van der Waals surface area contributed by atoms with Crippen molar-refractivity contribution in [2.75, 3.05) is 14.2 Å². The summed E-state index contributed by atoms with van der Waals surface area (Å²) in [6, 6.07) is 8.84. The minimum Gasteiger partial charge on any atom is -0.494 e. The largest absolute Gasteiger partial charge is 0.494 e. The zero-order valence-corrected chi connectivity index (χ0v) is 15.5. The summed E-state index contributed by atoms with van der Waals surface area (Å²) in [5, 5.41) is 0.118. The highest BCUT2D eigenvalue weighted by atomic mass is 79.9. The summed E-state index contributed by atoms with van der Waals surface area (Å²) in [7, 11) is -1.01. The maximum Gasteiger partial charge on any atom is 0.244 e. The third-order valence-corrected chi connectivity index (χ3v) is 5.98. The second kappa shape index (κ2) is 7.17. The molecule has 0 spiro atoms. The van der Waals surface area contributed by atoms with Crippen molar-refractivity contribution < 1.29 is 17.5 Å². The van der Waals surface area contributed by atoms with Crippen LogP contribution in [0.15, 0.2) is 45.8 Å². The van der Waals surface area contributed by atoms with Crippen molar-refractivity contribution in [2.45, 2.75) is 11.4 Å². The molecule has 2 aromatic carbocycles. The van der Waals surface area contributed by atoms with E-state index in [-0.39, 0.29) is 22.2 Å². The van der Waals surface area contributed by atoms with Gasteiger partial charge in [-0.3, -0.25) is 0 Å². The van der Waals surface area contributed by atoms with Gasteiger partial charge in [-0.2, -0.15) is 4.31 Å².